The summed E-state index contributed by atoms with van der Waals surface area (Å²) >= 11 is 0. The molecular weight excluding hydrogens is 434 g/mol. The summed E-state index contributed by atoms with van der Waals surface area (Å²) in [7, 11) is -2.20. The highest BCUT2D eigenvalue weighted by Crippen LogP contribution is 2.48. The maximum absolute atomic E-state index is 13.4. The van der Waals surface area contributed by atoms with Crippen molar-refractivity contribution in [2.75, 3.05) is 20.3 Å². The molecule has 1 aromatic carbocycles. The lowest BCUT2D eigenvalue weighted by Gasteiger charge is -2.35. The number of aromatic nitrogens is 1. The number of hydrogen-bond acceptors (Lipinski definition) is 6. The third-order valence-corrected chi connectivity index (χ3v) is 8.56. The van der Waals surface area contributed by atoms with E-state index in [1.807, 2.05) is 6.92 Å². The first-order valence-corrected chi connectivity index (χ1v) is 12.3. The van der Waals surface area contributed by atoms with Gasteiger partial charge in [0, 0.05) is 31.7 Å². The van der Waals surface area contributed by atoms with E-state index in [1.54, 1.807) is 13.2 Å². The Hall–Kier alpha value is -2.65. The number of carbonyl (C=O) groups is 1. The Labute approximate surface area is 186 Å². The van der Waals surface area contributed by atoms with Crippen LogP contribution in [0.25, 0.3) is 11.3 Å². The van der Waals surface area contributed by atoms with Gasteiger partial charge in [0.25, 0.3) is 5.56 Å². The molecule has 1 aromatic heterocycles. The highest BCUT2D eigenvalue weighted by Gasteiger charge is 2.40. The molecule has 1 saturated carbocycles. The van der Waals surface area contributed by atoms with E-state index in [2.05, 4.69) is 0 Å². The van der Waals surface area contributed by atoms with Gasteiger partial charge >= 0.3 is 5.97 Å². The Morgan fingerprint density at radius 1 is 1.22 bits per heavy atom. The van der Waals surface area contributed by atoms with Gasteiger partial charge < -0.3 is 19.1 Å². The third kappa shape index (κ3) is 3.53. The van der Waals surface area contributed by atoms with Crippen molar-refractivity contribution < 1.29 is 27.8 Å². The number of methoxy groups -OCH3 is 1. The normalized spacial score (nSPS) is 19.0. The number of sulfone groups is 1. The number of rotatable bonds is 7. The van der Waals surface area contributed by atoms with Crippen molar-refractivity contribution in [2.24, 2.45) is 0 Å². The first-order chi connectivity index (χ1) is 15.2. The van der Waals surface area contributed by atoms with Gasteiger partial charge in [-0.1, -0.05) is 0 Å². The van der Waals surface area contributed by atoms with E-state index in [0.29, 0.717) is 42.2 Å². The molecule has 1 unspecified atom stereocenters. The molecular formula is C23H27NO7S. The summed E-state index contributed by atoms with van der Waals surface area (Å²) in [5, 5.41) is 8.60. The van der Waals surface area contributed by atoms with Crippen LogP contribution < -0.4 is 10.3 Å². The molecule has 1 aliphatic heterocycles. The van der Waals surface area contributed by atoms with E-state index >= 15 is 0 Å². The van der Waals surface area contributed by atoms with Crippen LogP contribution in [-0.2, 0) is 14.6 Å². The SMILES string of the molecule is COCCCOc1cc2c(cc1C)-c1c(cc(C(=O)O)c(=O)n1C1CCC1)C(C)S2(=O)=O. The van der Waals surface area contributed by atoms with Gasteiger partial charge in [0.15, 0.2) is 9.84 Å². The molecule has 4 rings (SSSR count). The smallest absolute Gasteiger partial charge is 0.341 e. The molecule has 1 fully saturated rings. The van der Waals surface area contributed by atoms with Crippen LogP contribution in [0.15, 0.2) is 27.9 Å². The Morgan fingerprint density at radius 2 is 1.94 bits per heavy atom. The summed E-state index contributed by atoms with van der Waals surface area (Å²) in [6.07, 6.45) is 3.12. The number of pyridine rings is 1. The van der Waals surface area contributed by atoms with Gasteiger partial charge in [-0.15, -0.1) is 0 Å². The second-order valence-corrected chi connectivity index (χ2v) is 10.7. The molecule has 0 saturated heterocycles. The van der Waals surface area contributed by atoms with E-state index in [1.165, 1.54) is 23.6 Å². The first kappa shape index (κ1) is 22.5. The van der Waals surface area contributed by atoms with Crippen molar-refractivity contribution in [1.29, 1.82) is 0 Å². The van der Waals surface area contributed by atoms with Crippen molar-refractivity contribution in [1.82, 2.24) is 4.57 Å². The summed E-state index contributed by atoms with van der Waals surface area (Å²) in [5.74, 6) is -0.879. The maximum atomic E-state index is 13.4. The molecule has 172 valence electrons. The van der Waals surface area contributed by atoms with Gasteiger partial charge in [-0.25, -0.2) is 13.2 Å². The van der Waals surface area contributed by atoms with Crippen molar-refractivity contribution in [3.05, 3.63) is 45.2 Å². The number of carboxylic acid groups (broad SMARTS) is 1. The largest absolute Gasteiger partial charge is 0.493 e. The van der Waals surface area contributed by atoms with Gasteiger partial charge in [-0.2, -0.15) is 0 Å². The second-order valence-electron chi connectivity index (χ2n) is 8.42. The van der Waals surface area contributed by atoms with Crippen LogP contribution in [0, 0.1) is 6.92 Å². The average Bonchev–Trinajstić information content (AvgIpc) is 2.70. The number of nitrogens with zero attached hydrogens (tertiary/aromatic N) is 1. The van der Waals surface area contributed by atoms with E-state index in [4.69, 9.17) is 9.47 Å². The molecule has 0 spiro atoms. The average molecular weight is 462 g/mol. The van der Waals surface area contributed by atoms with Crippen molar-refractivity contribution >= 4 is 15.8 Å². The van der Waals surface area contributed by atoms with E-state index in [9.17, 15) is 23.1 Å². The van der Waals surface area contributed by atoms with Crippen LogP contribution in [-0.4, -0.2) is 44.4 Å². The lowest BCUT2D eigenvalue weighted by atomic mass is 9.90. The molecule has 2 heterocycles. The topological polar surface area (TPSA) is 112 Å². The summed E-state index contributed by atoms with van der Waals surface area (Å²) in [5.41, 5.74) is 1.06. The van der Waals surface area contributed by atoms with E-state index < -0.39 is 32.2 Å². The molecule has 0 bridgehead atoms. The molecule has 1 N–H and O–H groups in total. The van der Waals surface area contributed by atoms with Gasteiger partial charge in [0.1, 0.15) is 11.3 Å². The molecule has 8 nitrogen and oxygen atoms in total. The number of carboxylic acids is 1. The first-order valence-electron chi connectivity index (χ1n) is 10.7. The Kier molecular flexibility index (Phi) is 5.89. The molecule has 2 aromatic rings. The fourth-order valence-corrected chi connectivity index (χ4v) is 6.01. The summed E-state index contributed by atoms with van der Waals surface area (Å²) < 4.78 is 39.2. The fraction of sp³-hybridized carbons (Fsp3) is 0.478. The lowest BCUT2D eigenvalue weighted by Crippen LogP contribution is -2.36. The van der Waals surface area contributed by atoms with Crippen LogP contribution in [0.3, 0.4) is 0 Å². The Balaban J connectivity index is 1.96. The van der Waals surface area contributed by atoms with Gasteiger partial charge in [0.2, 0.25) is 0 Å². The number of aryl methyl sites for hydroxylation is 1. The zero-order chi connectivity index (χ0) is 23.2. The summed E-state index contributed by atoms with van der Waals surface area (Å²) in [6, 6.07) is 4.37. The van der Waals surface area contributed by atoms with Crippen molar-refractivity contribution in [3.8, 4) is 17.0 Å². The van der Waals surface area contributed by atoms with E-state index in [0.717, 1.165) is 24.8 Å². The number of ether oxygens (including phenoxy) is 2. The molecule has 32 heavy (non-hydrogen) atoms. The number of hydrogen-bond donors (Lipinski definition) is 1. The Morgan fingerprint density at radius 3 is 2.53 bits per heavy atom. The number of benzene rings is 1. The fourth-order valence-electron chi connectivity index (χ4n) is 4.39. The standard InChI is InChI=1S/C23H27NO7S/c1-13-10-17-20(12-19(13)31-9-5-8-30-3)32(28,29)14(2)16-11-18(23(26)27)22(25)24(21(16)17)15-6-4-7-15/h10-12,14-15H,4-9H2,1-3H3,(H,26,27). The molecule has 2 aliphatic rings. The maximum Gasteiger partial charge on any atom is 0.341 e. The van der Waals surface area contributed by atoms with Crippen molar-refractivity contribution in [2.45, 2.75) is 55.7 Å². The predicted octanol–water partition coefficient (Wildman–Crippen LogP) is 3.51. The van der Waals surface area contributed by atoms with Crippen LogP contribution in [0.1, 0.15) is 65.4 Å². The van der Waals surface area contributed by atoms with Crippen LogP contribution in [0.4, 0.5) is 0 Å². The van der Waals surface area contributed by atoms with Crippen LogP contribution in [0.5, 0.6) is 5.75 Å². The number of aromatic carboxylic acids is 1. The Bertz CT molecular complexity index is 1240. The third-order valence-electron chi connectivity index (χ3n) is 6.43. The lowest BCUT2D eigenvalue weighted by molar-refractivity contribution is 0.0693. The zero-order valence-electron chi connectivity index (χ0n) is 18.4. The summed E-state index contributed by atoms with van der Waals surface area (Å²) in [4.78, 5) is 25.0. The van der Waals surface area contributed by atoms with Gasteiger partial charge in [0.05, 0.1) is 22.4 Å². The predicted molar refractivity (Wildman–Crippen MR) is 118 cm³/mol. The quantitative estimate of drug-likeness (QED) is 0.628. The molecule has 0 amide bonds. The van der Waals surface area contributed by atoms with Gasteiger partial charge in [-0.3, -0.25) is 4.79 Å². The molecule has 1 atom stereocenters. The summed E-state index contributed by atoms with van der Waals surface area (Å²) in [6.45, 7) is 4.28. The minimum absolute atomic E-state index is 0.111. The molecule has 1 aliphatic carbocycles. The minimum Gasteiger partial charge on any atom is -0.493 e. The number of fused-ring (bicyclic) bond motifs is 3. The second kappa shape index (κ2) is 8.37. The molecule has 9 heteroatoms. The monoisotopic (exact) mass is 461 g/mol. The minimum atomic E-state index is -3.81. The van der Waals surface area contributed by atoms with Gasteiger partial charge in [-0.05, 0) is 62.4 Å². The van der Waals surface area contributed by atoms with Crippen LogP contribution in [0.2, 0.25) is 0 Å². The zero-order valence-corrected chi connectivity index (χ0v) is 19.2. The van der Waals surface area contributed by atoms with Crippen LogP contribution >= 0.6 is 0 Å². The van der Waals surface area contributed by atoms with Crippen molar-refractivity contribution in [3.63, 3.8) is 0 Å². The highest BCUT2D eigenvalue weighted by atomic mass is 32.2. The van der Waals surface area contributed by atoms with E-state index in [-0.39, 0.29) is 10.9 Å². The highest BCUT2D eigenvalue weighted by molar-refractivity contribution is 7.92. The molecule has 0 radical (unpaired) electrons.